The van der Waals surface area contributed by atoms with Gasteiger partial charge in [0, 0.05) is 19.7 Å². The molecule has 0 saturated carbocycles. The summed E-state index contributed by atoms with van der Waals surface area (Å²) in [7, 11) is -3.77. The largest absolute Gasteiger partial charge is 0.396 e. The van der Waals surface area contributed by atoms with Crippen LogP contribution in [0, 0.1) is 11.7 Å². The van der Waals surface area contributed by atoms with Crippen LogP contribution in [0.5, 0.6) is 0 Å². The first-order valence-corrected chi connectivity index (χ1v) is 7.85. The summed E-state index contributed by atoms with van der Waals surface area (Å²) in [5.74, 6) is -0.563. The number of aliphatic hydroxyl groups excluding tert-OH is 1. The molecule has 1 saturated heterocycles. The zero-order valence-corrected chi connectivity index (χ0v) is 11.4. The normalized spacial score (nSPS) is 21.5. The van der Waals surface area contributed by atoms with E-state index in [4.69, 9.17) is 5.11 Å². The molecule has 1 aliphatic heterocycles. The van der Waals surface area contributed by atoms with Crippen molar-refractivity contribution in [2.24, 2.45) is 5.92 Å². The number of hydrogen-bond donors (Lipinski definition) is 1. The third-order valence-corrected chi connectivity index (χ3v) is 5.37. The third-order valence-electron chi connectivity index (χ3n) is 3.47. The van der Waals surface area contributed by atoms with E-state index in [1.54, 1.807) is 0 Å². The van der Waals surface area contributed by atoms with Crippen molar-refractivity contribution < 1.29 is 17.9 Å². The summed E-state index contributed by atoms with van der Waals surface area (Å²) < 4.78 is 39.7. The molecule has 0 aliphatic carbocycles. The van der Waals surface area contributed by atoms with Gasteiger partial charge in [-0.3, -0.25) is 0 Å². The lowest BCUT2D eigenvalue weighted by molar-refractivity contribution is 0.202. The lowest BCUT2D eigenvalue weighted by atomic mass is 9.97. The second-order valence-corrected chi connectivity index (χ2v) is 6.72. The zero-order chi connectivity index (χ0) is 13.9. The lowest BCUT2D eigenvalue weighted by Gasteiger charge is -2.31. The monoisotopic (exact) mass is 287 g/mol. The van der Waals surface area contributed by atoms with Gasteiger partial charge in [-0.2, -0.15) is 4.31 Å². The van der Waals surface area contributed by atoms with Crippen molar-refractivity contribution >= 4 is 10.0 Å². The minimum atomic E-state index is -3.77. The molecule has 2 rings (SSSR count). The molecule has 19 heavy (non-hydrogen) atoms. The predicted molar refractivity (Wildman–Crippen MR) is 69.6 cm³/mol. The first-order chi connectivity index (χ1) is 9.05. The van der Waals surface area contributed by atoms with Gasteiger partial charge >= 0.3 is 0 Å². The number of rotatable bonds is 4. The Balaban J connectivity index is 2.22. The molecule has 0 radical (unpaired) electrons. The first kappa shape index (κ1) is 14.4. The van der Waals surface area contributed by atoms with E-state index in [1.165, 1.54) is 22.5 Å². The maximum atomic E-state index is 13.6. The standard InChI is InChI=1S/C13H18FNO3S/c14-12-5-1-2-6-13(12)19(17,18)15-8-3-4-11(10-15)7-9-16/h1-2,5-6,11,16H,3-4,7-10H2. The fraction of sp³-hybridized carbons (Fsp3) is 0.538. The van der Waals surface area contributed by atoms with Crippen LogP contribution in [0.4, 0.5) is 4.39 Å². The molecule has 0 amide bonds. The second kappa shape index (κ2) is 5.98. The van der Waals surface area contributed by atoms with Gasteiger partial charge in [0.05, 0.1) is 0 Å². The zero-order valence-electron chi connectivity index (χ0n) is 10.6. The number of sulfonamides is 1. The van der Waals surface area contributed by atoms with Crippen molar-refractivity contribution in [3.8, 4) is 0 Å². The van der Waals surface area contributed by atoms with Crippen molar-refractivity contribution in [1.82, 2.24) is 4.31 Å². The average Bonchev–Trinajstić information content (AvgIpc) is 2.40. The number of aliphatic hydroxyl groups is 1. The lowest BCUT2D eigenvalue weighted by Crippen LogP contribution is -2.40. The molecule has 1 aromatic rings. The fourth-order valence-corrected chi connectivity index (χ4v) is 4.08. The van der Waals surface area contributed by atoms with E-state index in [0.717, 1.165) is 18.9 Å². The van der Waals surface area contributed by atoms with Gasteiger partial charge < -0.3 is 5.11 Å². The van der Waals surface area contributed by atoms with E-state index < -0.39 is 15.8 Å². The second-order valence-electron chi connectivity index (χ2n) is 4.81. The highest BCUT2D eigenvalue weighted by atomic mass is 32.2. The summed E-state index contributed by atoms with van der Waals surface area (Å²) in [6.45, 7) is 0.827. The molecule has 1 heterocycles. The van der Waals surface area contributed by atoms with Crippen molar-refractivity contribution in [2.45, 2.75) is 24.2 Å². The van der Waals surface area contributed by atoms with Crippen molar-refractivity contribution in [3.05, 3.63) is 30.1 Å². The van der Waals surface area contributed by atoms with E-state index >= 15 is 0 Å². The summed E-state index contributed by atoms with van der Waals surface area (Å²) in [4.78, 5) is -0.264. The highest BCUT2D eigenvalue weighted by Gasteiger charge is 2.31. The van der Waals surface area contributed by atoms with E-state index in [-0.39, 0.29) is 17.4 Å². The minimum absolute atomic E-state index is 0.0538. The SMILES string of the molecule is O=S(=O)(c1ccccc1F)N1CCCC(CCO)C1. The Morgan fingerprint density at radius 3 is 2.79 bits per heavy atom. The Kier molecular flexibility index (Phi) is 4.54. The molecule has 1 atom stereocenters. The number of nitrogens with zero attached hydrogens (tertiary/aromatic N) is 1. The van der Waals surface area contributed by atoms with Crippen LogP contribution < -0.4 is 0 Å². The fourth-order valence-electron chi connectivity index (χ4n) is 2.46. The Morgan fingerprint density at radius 2 is 2.11 bits per heavy atom. The molecule has 1 N–H and O–H groups in total. The minimum Gasteiger partial charge on any atom is -0.396 e. The van der Waals surface area contributed by atoms with E-state index in [0.29, 0.717) is 19.5 Å². The van der Waals surface area contributed by atoms with Crippen LogP contribution >= 0.6 is 0 Å². The smallest absolute Gasteiger partial charge is 0.245 e. The maximum Gasteiger partial charge on any atom is 0.245 e. The van der Waals surface area contributed by atoms with E-state index in [1.807, 2.05) is 0 Å². The van der Waals surface area contributed by atoms with Gasteiger partial charge in [0.2, 0.25) is 10.0 Å². The van der Waals surface area contributed by atoms with Gasteiger partial charge in [-0.1, -0.05) is 12.1 Å². The highest BCUT2D eigenvalue weighted by molar-refractivity contribution is 7.89. The van der Waals surface area contributed by atoms with E-state index in [2.05, 4.69) is 0 Å². The molecule has 1 unspecified atom stereocenters. The molecular formula is C13H18FNO3S. The average molecular weight is 287 g/mol. The molecular weight excluding hydrogens is 269 g/mol. The number of piperidine rings is 1. The molecule has 106 valence electrons. The van der Waals surface area contributed by atoms with E-state index in [9.17, 15) is 12.8 Å². The van der Waals surface area contributed by atoms with Crippen LogP contribution in [0.25, 0.3) is 0 Å². The quantitative estimate of drug-likeness (QED) is 0.915. The summed E-state index contributed by atoms with van der Waals surface area (Å²) >= 11 is 0. The van der Waals surface area contributed by atoms with Crippen LogP contribution in [0.1, 0.15) is 19.3 Å². The molecule has 1 fully saturated rings. The Labute approximate surface area is 112 Å². The molecule has 4 nitrogen and oxygen atoms in total. The van der Waals surface area contributed by atoms with Gasteiger partial charge in [0.15, 0.2) is 0 Å². The predicted octanol–water partition coefficient (Wildman–Crippen LogP) is 1.61. The number of benzene rings is 1. The summed E-state index contributed by atoms with van der Waals surface area (Å²) in [5.41, 5.74) is 0. The van der Waals surface area contributed by atoms with Gasteiger partial charge in [-0.15, -0.1) is 0 Å². The maximum absolute atomic E-state index is 13.6. The molecule has 0 bridgehead atoms. The Morgan fingerprint density at radius 1 is 1.37 bits per heavy atom. The van der Waals surface area contributed by atoms with Crippen LogP contribution in [0.3, 0.4) is 0 Å². The summed E-state index contributed by atoms with van der Waals surface area (Å²) in [5, 5.41) is 8.94. The number of halogens is 1. The highest BCUT2D eigenvalue weighted by Crippen LogP contribution is 2.26. The molecule has 1 aromatic carbocycles. The molecule has 0 aromatic heterocycles. The van der Waals surface area contributed by atoms with Crippen molar-refractivity contribution in [1.29, 1.82) is 0 Å². The molecule has 6 heteroatoms. The topological polar surface area (TPSA) is 57.6 Å². The van der Waals surface area contributed by atoms with Crippen molar-refractivity contribution in [2.75, 3.05) is 19.7 Å². The van der Waals surface area contributed by atoms with Crippen LogP contribution in [0.15, 0.2) is 29.2 Å². The van der Waals surface area contributed by atoms with Crippen molar-refractivity contribution in [3.63, 3.8) is 0 Å². The van der Waals surface area contributed by atoms with Gasteiger partial charge in [-0.25, -0.2) is 12.8 Å². The Hall–Kier alpha value is -0.980. The van der Waals surface area contributed by atoms with Crippen LogP contribution in [-0.2, 0) is 10.0 Å². The third kappa shape index (κ3) is 3.13. The molecule has 1 aliphatic rings. The van der Waals surface area contributed by atoms with Crippen LogP contribution in [-0.4, -0.2) is 37.5 Å². The summed E-state index contributed by atoms with van der Waals surface area (Å²) in [6.07, 6.45) is 2.24. The Bertz CT molecular complexity index is 530. The summed E-state index contributed by atoms with van der Waals surface area (Å²) in [6, 6.07) is 5.44. The van der Waals surface area contributed by atoms with Gasteiger partial charge in [0.1, 0.15) is 10.7 Å². The number of hydrogen-bond acceptors (Lipinski definition) is 3. The van der Waals surface area contributed by atoms with Gasteiger partial charge in [-0.05, 0) is 37.3 Å². The van der Waals surface area contributed by atoms with Gasteiger partial charge in [0.25, 0.3) is 0 Å². The van der Waals surface area contributed by atoms with Crippen LogP contribution in [0.2, 0.25) is 0 Å². The molecule has 0 spiro atoms. The first-order valence-electron chi connectivity index (χ1n) is 6.41.